The minimum Gasteiger partial charge on any atom is -0.490 e. The first-order valence-electron chi connectivity index (χ1n) is 9.71. The Kier molecular flexibility index (Phi) is 6.54. The van der Waals surface area contributed by atoms with E-state index in [0.29, 0.717) is 41.4 Å². The van der Waals surface area contributed by atoms with Gasteiger partial charge in [-0.05, 0) is 61.0 Å². The van der Waals surface area contributed by atoms with Gasteiger partial charge in [-0.1, -0.05) is 38.1 Å². The highest BCUT2D eigenvalue weighted by Gasteiger charge is 2.36. The SMILES string of the molecule is CCOc1cc(/C=C2/C(=O)N(c3ccccc3)C(=S)N2C)ccc1OCC(C)C. The van der Waals surface area contributed by atoms with Crippen molar-refractivity contribution in [1.82, 2.24) is 4.90 Å². The summed E-state index contributed by atoms with van der Waals surface area (Å²) in [7, 11) is 1.80. The van der Waals surface area contributed by atoms with Crippen LogP contribution in [0.1, 0.15) is 26.3 Å². The standard InChI is InChI=1S/C23H26N2O3S/c1-5-27-21-14-17(11-12-20(21)28-15-16(2)3)13-19-22(26)25(23(29)24(19)4)18-9-7-6-8-10-18/h6-14,16H,5,15H2,1-4H3/b19-13-. The van der Waals surface area contributed by atoms with Gasteiger partial charge < -0.3 is 14.4 Å². The van der Waals surface area contributed by atoms with Crippen molar-refractivity contribution in [2.75, 3.05) is 25.2 Å². The summed E-state index contributed by atoms with van der Waals surface area (Å²) >= 11 is 5.51. The zero-order valence-corrected chi connectivity index (χ0v) is 18.0. The van der Waals surface area contributed by atoms with Gasteiger partial charge in [-0.2, -0.15) is 0 Å². The van der Waals surface area contributed by atoms with Crippen LogP contribution in [0.25, 0.3) is 6.08 Å². The van der Waals surface area contributed by atoms with E-state index in [0.717, 1.165) is 11.3 Å². The molecule has 152 valence electrons. The van der Waals surface area contributed by atoms with Crippen LogP contribution in [0.15, 0.2) is 54.2 Å². The number of anilines is 1. The van der Waals surface area contributed by atoms with Gasteiger partial charge in [-0.3, -0.25) is 9.69 Å². The smallest absolute Gasteiger partial charge is 0.281 e. The average molecular weight is 411 g/mol. The van der Waals surface area contributed by atoms with E-state index in [4.69, 9.17) is 21.7 Å². The number of benzene rings is 2. The van der Waals surface area contributed by atoms with Crippen LogP contribution in [0.4, 0.5) is 5.69 Å². The van der Waals surface area contributed by atoms with Gasteiger partial charge in [0.1, 0.15) is 5.70 Å². The van der Waals surface area contributed by atoms with Gasteiger partial charge in [0.15, 0.2) is 16.6 Å². The normalized spacial score (nSPS) is 15.6. The Bertz CT molecular complexity index is 925. The molecule has 5 nitrogen and oxygen atoms in total. The van der Waals surface area contributed by atoms with E-state index in [2.05, 4.69) is 13.8 Å². The second-order valence-corrected chi connectivity index (χ2v) is 7.56. The first-order chi connectivity index (χ1) is 13.9. The minimum atomic E-state index is -0.151. The van der Waals surface area contributed by atoms with Crippen molar-refractivity contribution in [2.24, 2.45) is 5.92 Å². The van der Waals surface area contributed by atoms with Crippen LogP contribution in [0.3, 0.4) is 0 Å². The largest absolute Gasteiger partial charge is 0.490 e. The molecule has 6 heteroatoms. The van der Waals surface area contributed by atoms with Crippen LogP contribution in [0, 0.1) is 5.92 Å². The molecule has 0 unspecified atom stereocenters. The molecule has 2 aromatic carbocycles. The van der Waals surface area contributed by atoms with Gasteiger partial charge in [-0.15, -0.1) is 0 Å². The highest BCUT2D eigenvalue weighted by molar-refractivity contribution is 7.80. The lowest BCUT2D eigenvalue weighted by atomic mass is 10.1. The highest BCUT2D eigenvalue weighted by atomic mass is 32.1. The number of ether oxygens (including phenoxy) is 2. The molecule has 0 aromatic heterocycles. The molecule has 0 spiro atoms. The summed E-state index contributed by atoms with van der Waals surface area (Å²) in [4.78, 5) is 16.3. The molecule has 1 aliphatic heterocycles. The summed E-state index contributed by atoms with van der Waals surface area (Å²) in [5, 5.41) is 0.453. The van der Waals surface area contributed by atoms with Gasteiger partial charge >= 0.3 is 0 Å². The molecule has 0 N–H and O–H groups in total. The monoisotopic (exact) mass is 410 g/mol. The summed E-state index contributed by atoms with van der Waals surface area (Å²) in [6, 6.07) is 15.1. The zero-order valence-electron chi connectivity index (χ0n) is 17.2. The lowest BCUT2D eigenvalue weighted by Gasteiger charge is -2.16. The summed E-state index contributed by atoms with van der Waals surface area (Å²) in [6.45, 7) is 7.27. The van der Waals surface area contributed by atoms with Crippen LogP contribution in [0.5, 0.6) is 11.5 Å². The summed E-state index contributed by atoms with van der Waals surface area (Å²) < 4.78 is 11.6. The number of likely N-dealkylation sites (N-methyl/N-ethyl adjacent to an activating group) is 1. The molecule has 0 aliphatic carbocycles. The quantitative estimate of drug-likeness (QED) is 0.488. The van der Waals surface area contributed by atoms with E-state index in [-0.39, 0.29) is 5.91 Å². The fraction of sp³-hybridized carbons (Fsp3) is 0.304. The lowest BCUT2D eigenvalue weighted by molar-refractivity contribution is -0.114. The van der Waals surface area contributed by atoms with Gasteiger partial charge in [0.2, 0.25) is 0 Å². The van der Waals surface area contributed by atoms with Crippen LogP contribution >= 0.6 is 12.2 Å². The van der Waals surface area contributed by atoms with E-state index in [9.17, 15) is 4.79 Å². The summed E-state index contributed by atoms with van der Waals surface area (Å²) in [6.07, 6.45) is 1.83. The molecule has 1 saturated heterocycles. The number of thiocarbonyl (C=S) groups is 1. The minimum absolute atomic E-state index is 0.151. The number of rotatable bonds is 7. The third kappa shape index (κ3) is 4.59. The Morgan fingerprint density at radius 1 is 1.07 bits per heavy atom. The molecule has 1 heterocycles. The van der Waals surface area contributed by atoms with Gasteiger partial charge in [0, 0.05) is 7.05 Å². The molecule has 29 heavy (non-hydrogen) atoms. The van der Waals surface area contributed by atoms with Gasteiger partial charge in [0.05, 0.1) is 18.9 Å². The fourth-order valence-corrected chi connectivity index (χ4v) is 3.26. The molecular weight excluding hydrogens is 384 g/mol. The number of para-hydroxylation sites is 1. The van der Waals surface area contributed by atoms with Crippen LogP contribution < -0.4 is 14.4 Å². The molecule has 1 fully saturated rings. The average Bonchev–Trinajstić information content (AvgIpc) is 2.91. The van der Waals surface area contributed by atoms with Crippen molar-refractivity contribution >= 4 is 35.0 Å². The Labute approximate surface area is 177 Å². The maximum atomic E-state index is 13.1. The van der Waals surface area contributed by atoms with E-state index in [1.165, 1.54) is 0 Å². The predicted octanol–water partition coefficient (Wildman–Crippen LogP) is 4.72. The third-order valence-corrected chi connectivity index (χ3v) is 4.88. The number of carbonyl (C=O) groups excluding carboxylic acids is 1. The third-order valence-electron chi connectivity index (χ3n) is 4.42. The summed E-state index contributed by atoms with van der Waals surface area (Å²) in [5.41, 5.74) is 2.11. The predicted molar refractivity (Wildman–Crippen MR) is 120 cm³/mol. The Morgan fingerprint density at radius 2 is 1.79 bits per heavy atom. The lowest BCUT2D eigenvalue weighted by Crippen LogP contribution is -2.30. The number of amides is 1. The molecule has 0 saturated carbocycles. The number of carbonyl (C=O) groups is 1. The maximum Gasteiger partial charge on any atom is 0.281 e. The molecule has 1 aliphatic rings. The summed E-state index contributed by atoms with van der Waals surface area (Å²) in [5.74, 6) is 1.64. The number of nitrogens with zero attached hydrogens (tertiary/aromatic N) is 2. The van der Waals surface area contributed by atoms with Crippen molar-refractivity contribution in [1.29, 1.82) is 0 Å². The second kappa shape index (κ2) is 9.09. The highest BCUT2D eigenvalue weighted by Crippen LogP contribution is 2.32. The fourth-order valence-electron chi connectivity index (χ4n) is 2.98. The van der Waals surface area contributed by atoms with Crippen LogP contribution in [-0.4, -0.2) is 36.2 Å². The van der Waals surface area contributed by atoms with Crippen molar-refractivity contribution in [3.63, 3.8) is 0 Å². The van der Waals surface area contributed by atoms with Gasteiger partial charge in [-0.25, -0.2) is 0 Å². The van der Waals surface area contributed by atoms with E-state index < -0.39 is 0 Å². The first kappa shape index (κ1) is 20.9. The number of hydrogen-bond acceptors (Lipinski definition) is 4. The topological polar surface area (TPSA) is 42.0 Å². The van der Waals surface area contributed by atoms with E-state index >= 15 is 0 Å². The molecule has 3 rings (SSSR count). The maximum absolute atomic E-state index is 13.1. The van der Waals surface area contributed by atoms with Crippen molar-refractivity contribution < 1.29 is 14.3 Å². The van der Waals surface area contributed by atoms with Crippen molar-refractivity contribution in [2.45, 2.75) is 20.8 Å². The van der Waals surface area contributed by atoms with Crippen LogP contribution in [-0.2, 0) is 4.79 Å². The van der Waals surface area contributed by atoms with Crippen molar-refractivity contribution in [3.8, 4) is 11.5 Å². The Hall–Kier alpha value is -2.86. The Morgan fingerprint density at radius 3 is 2.45 bits per heavy atom. The molecule has 0 bridgehead atoms. The van der Waals surface area contributed by atoms with Gasteiger partial charge in [0.25, 0.3) is 5.91 Å². The molecule has 2 aromatic rings. The zero-order chi connectivity index (χ0) is 21.0. The van der Waals surface area contributed by atoms with Crippen LogP contribution in [0.2, 0.25) is 0 Å². The molecule has 0 radical (unpaired) electrons. The van der Waals surface area contributed by atoms with E-state index in [1.807, 2.05) is 61.5 Å². The van der Waals surface area contributed by atoms with E-state index in [1.54, 1.807) is 16.8 Å². The molecular formula is C23H26N2O3S. The molecule has 0 atom stereocenters. The first-order valence-corrected chi connectivity index (χ1v) is 10.1. The Balaban J connectivity index is 1.91. The van der Waals surface area contributed by atoms with Crippen molar-refractivity contribution in [3.05, 3.63) is 59.8 Å². The molecule has 1 amide bonds. The number of hydrogen-bond donors (Lipinski definition) is 0. The second-order valence-electron chi connectivity index (χ2n) is 7.19.